The average molecular weight is 453 g/mol. The van der Waals surface area contributed by atoms with E-state index in [9.17, 15) is 14.9 Å². The second kappa shape index (κ2) is 8.74. The summed E-state index contributed by atoms with van der Waals surface area (Å²) in [6, 6.07) is 14.8. The van der Waals surface area contributed by atoms with Crippen LogP contribution in [0.4, 0.5) is 0 Å². The zero-order valence-corrected chi connectivity index (χ0v) is 18.6. The number of para-hydroxylation sites is 1. The number of fused-ring (bicyclic) bond motifs is 1. The molecule has 0 spiro atoms. The van der Waals surface area contributed by atoms with Crippen molar-refractivity contribution in [2.45, 2.75) is 43.3 Å². The molecule has 1 aliphatic carbocycles. The van der Waals surface area contributed by atoms with Crippen molar-refractivity contribution in [1.82, 2.24) is 14.9 Å². The van der Waals surface area contributed by atoms with Crippen LogP contribution in [0.15, 0.2) is 52.4 Å². The van der Waals surface area contributed by atoms with Gasteiger partial charge in [-0.1, -0.05) is 41.6 Å². The Kier molecular flexibility index (Phi) is 6.03. The molecule has 1 aliphatic rings. The van der Waals surface area contributed by atoms with Gasteiger partial charge in [-0.3, -0.25) is 14.2 Å². The van der Waals surface area contributed by atoms with E-state index in [1.807, 2.05) is 19.1 Å². The molecule has 6 nitrogen and oxygen atoms in total. The van der Waals surface area contributed by atoms with Gasteiger partial charge in [0.1, 0.15) is 5.54 Å². The first-order valence-corrected chi connectivity index (χ1v) is 11.4. The summed E-state index contributed by atoms with van der Waals surface area (Å²) in [5.41, 5.74) is 0.947. The van der Waals surface area contributed by atoms with Gasteiger partial charge in [0, 0.05) is 5.02 Å². The summed E-state index contributed by atoms with van der Waals surface area (Å²) in [6.07, 6.45) is 3.20. The Morgan fingerprint density at radius 1 is 1.26 bits per heavy atom. The third-order valence-electron chi connectivity index (χ3n) is 5.61. The highest BCUT2D eigenvalue weighted by Gasteiger charge is 2.35. The summed E-state index contributed by atoms with van der Waals surface area (Å²) in [7, 11) is 0. The molecule has 0 aliphatic heterocycles. The maximum absolute atomic E-state index is 13.4. The third-order valence-corrected chi connectivity index (χ3v) is 6.96. The fourth-order valence-electron chi connectivity index (χ4n) is 3.94. The Hall–Kier alpha value is -2.82. The molecule has 0 bridgehead atoms. The number of amides is 1. The molecule has 1 aromatic heterocycles. The van der Waals surface area contributed by atoms with Crippen LogP contribution >= 0.6 is 23.4 Å². The van der Waals surface area contributed by atoms with Crippen LogP contribution in [-0.2, 0) is 4.79 Å². The van der Waals surface area contributed by atoms with E-state index in [0.717, 1.165) is 18.4 Å². The van der Waals surface area contributed by atoms with Gasteiger partial charge in [-0.05, 0) is 62.4 Å². The molecule has 1 heterocycles. The predicted octanol–water partition coefficient (Wildman–Crippen LogP) is 4.39. The van der Waals surface area contributed by atoms with Crippen molar-refractivity contribution in [3.63, 3.8) is 0 Å². The van der Waals surface area contributed by atoms with Gasteiger partial charge in [0.05, 0.1) is 28.4 Å². The molecule has 4 rings (SSSR count). The van der Waals surface area contributed by atoms with Crippen molar-refractivity contribution in [2.75, 3.05) is 5.75 Å². The summed E-state index contributed by atoms with van der Waals surface area (Å²) in [4.78, 5) is 30.7. The van der Waals surface area contributed by atoms with E-state index in [4.69, 9.17) is 11.6 Å². The number of carbonyl (C=O) groups excluding carboxylic acids is 1. The lowest BCUT2D eigenvalue weighted by Crippen LogP contribution is -2.45. The second-order valence-corrected chi connectivity index (χ2v) is 9.02. The summed E-state index contributed by atoms with van der Waals surface area (Å²) in [6.45, 7) is 1.84. The zero-order valence-electron chi connectivity index (χ0n) is 17.0. The highest BCUT2D eigenvalue weighted by Crippen LogP contribution is 2.30. The van der Waals surface area contributed by atoms with Gasteiger partial charge in [0.25, 0.3) is 5.56 Å². The van der Waals surface area contributed by atoms with Crippen LogP contribution in [0.1, 0.15) is 31.2 Å². The van der Waals surface area contributed by atoms with Crippen molar-refractivity contribution in [1.29, 1.82) is 5.26 Å². The molecule has 3 aromatic rings. The van der Waals surface area contributed by atoms with Crippen molar-refractivity contribution < 1.29 is 4.79 Å². The summed E-state index contributed by atoms with van der Waals surface area (Å²) in [5, 5.41) is 13.8. The lowest BCUT2D eigenvalue weighted by atomic mass is 10.0. The SMILES string of the molecule is Cc1c(Cl)cccc1-n1c(SCC(=O)NC2(C#N)CCCC2)nc2ccccc2c1=O. The van der Waals surface area contributed by atoms with Gasteiger partial charge in [-0.15, -0.1) is 0 Å². The first-order chi connectivity index (χ1) is 14.9. The van der Waals surface area contributed by atoms with Crippen LogP contribution in [0.25, 0.3) is 16.6 Å². The molecule has 0 radical (unpaired) electrons. The van der Waals surface area contributed by atoms with E-state index in [-0.39, 0.29) is 17.2 Å². The highest BCUT2D eigenvalue weighted by atomic mass is 35.5. The van der Waals surface area contributed by atoms with Crippen LogP contribution in [0.5, 0.6) is 0 Å². The molecular formula is C23H21ClN4O2S. The van der Waals surface area contributed by atoms with E-state index < -0.39 is 5.54 Å². The summed E-state index contributed by atoms with van der Waals surface area (Å²) >= 11 is 7.48. The minimum Gasteiger partial charge on any atom is -0.337 e. The second-order valence-electron chi connectivity index (χ2n) is 7.67. The van der Waals surface area contributed by atoms with Crippen LogP contribution in [0.3, 0.4) is 0 Å². The Labute approximate surface area is 189 Å². The van der Waals surface area contributed by atoms with E-state index in [0.29, 0.717) is 39.6 Å². The average Bonchev–Trinajstić information content (AvgIpc) is 3.24. The predicted molar refractivity (Wildman–Crippen MR) is 123 cm³/mol. The van der Waals surface area contributed by atoms with E-state index in [1.165, 1.54) is 16.3 Å². The Morgan fingerprint density at radius 3 is 2.74 bits per heavy atom. The fourth-order valence-corrected chi connectivity index (χ4v) is 4.91. The van der Waals surface area contributed by atoms with Gasteiger partial charge in [0.15, 0.2) is 5.16 Å². The number of hydrogen-bond donors (Lipinski definition) is 1. The number of nitriles is 1. The van der Waals surface area contributed by atoms with Crippen LogP contribution < -0.4 is 10.9 Å². The number of thioether (sulfide) groups is 1. The lowest BCUT2D eigenvalue weighted by molar-refractivity contribution is -0.119. The molecule has 8 heteroatoms. The molecule has 2 aromatic carbocycles. The quantitative estimate of drug-likeness (QED) is 0.458. The molecule has 158 valence electrons. The highest BCUT2D eigenvalue weighted by molar-refractivity contribution is 7.99. The number of carbonyl (C=O) groups is 1. The molecule has 0 atom stereocenters. The van der Waals surface area contributed by atoms with Crippen LogP contribution in [0, 0.1) is 18.3 Å². The van der Waals surface area contributed by atoms with Gasteiger partial charge in [-0.2, -0.15) is 5.26 Å². The molecular weight excluding hydrogens is 432 g/mol. The molecule has 1 amide bonds. The first-order valence-electron chi connectivity index (χ1n) is 10.1. The fraction of sp³-hybridized carbons (Fsp3) is 0.304. The van der Waals surface area contributed by atoms with E-state index in [1.54, 1.807) is 30.3 Å². The maximum Gasteiger partial charge on any atom is 0.266 e. The summed E-state index contributed by atoms with van der Waals surface area (Å²) in [5.74, 6) is -0.196. The molecule has 0 saturated heterocycles. The number of nitrogens with one attached hydrogen (secondary N) is 1. The monoisotopic (exact) mass is 452 g/mol. The van der Waals surface area contributed by atoms with Crippen molar-refractivity contribution in [3.05, 3.63) is 63.4 Å². The molecule has 0 unspecified atom stereocenters. The molecule has 1 fully saturated rings. The van der Waals surface area contributed by atoms with Crippen molar-refractivity contribution >= 4 is 40.2 Å². The largest absolute Gasteiger partial charge is 0.337 e. The van der Waals surface area contributed by atoms with Crippen LogP contribution in [-0.4, -0.2) is 26.8 Å². The summed E-state index contributed by atoms with van der Waals surface area (Å²) < 4.78 is 1.51. The standard InChI is InChI=1S/C23H21ClN4O2S/c1-15-17(24)8-6-10-19(15)28-21(30)16-7-2-3-9-18(16)26-22(28)31-13-20(29)27-23(14-25)11-4-5-12-23/h2-3,6-10H,4-5,11-13H2,1H3,(H,27,29). The van der Waals surface area contributed by atoms with Gasteiger partial charge < -0.3 is 5.32 Å². The number of rotatable bonds is 5. The number of aromatic nitrogens is 2. The third kappa shape index (κ3) is 4.18. The van der Waals surface area contributed by atoms with Crippen molar-refractivity contribution in [2.24, 2.45) is 0 Å². The minimum atomic E-state index is -0.780. The normalized spacial score (nSPS) is 15.0. The molecule has 1 N–H and O–H groups in total. The Balaban J connectivity index is 1.71. The van der Waals surface area contributed by atoms with Crippen molar-refractivity contribution in [3.8, 4) is 11.8 Å². The number of benzene rings is 2. The smallest absolute Gasteiger partial charge is 0.266 e. The lowest BCUT2D eigenvalue weighted by Gasteiger charge is -2.22. The van der Waals surface area contributed by atoms with E-state index >= 15 is 0 Å². The first kappa shape index (κ1) is 21.4. The maximum atomic E-state index is 13.4. The van der Waals surface area contributed by atoms with E-state index in [2.05, 4.69) is 16.4 Å². The zero-order chi connectivity index (χ0) is 22.0. The van der Waals surface area contributed by atoms with Gasteiger partial charge in [0.2, 0.25) is 5.91 Å². The number of hydrogen-bond acceptors (Lipinski definition) is 5. The number of nitrogens with zero attached hydrogens (tertiary/aromatic N) is 3. The number of halogens is 1. The van der Waals surface area contributed by atoms with Gasteiger partial charge in [-0.25, -0.2) is 4.98 Å². The molecule has 31 heavy (non-hydrogen) atoms. The topological polar surface area (TPSA) is 87.8 Å². The Morgan fingerprint density at radius 2 is 2.00 bits per heavy atom. The Bertz CT molecular complexity index is 1260. The van der Waals surface area contributed by atoms with Crippen LogP contribution in [0.2, 0.25) is 5.02 Å². The minimum absolute atomic E-state index is 0.0494. The molecule has 1 saturated carbocycles. The van der Waals surface area contributed by atoms with Gasteiger partial charge >= 0.3 is 0 Å².